The van der Waals surface area contributed by atoms with E-state index < -0.39 is 16.8 Å². The van der Waals surface area contributed by atoms with E-state index >= 15 is 0 Å². The van der Waals surface area contributed by atoms with Gasteiger partial charge in [-0.05, 0) is 24.6 Å². The van der Waals surface area contributed by atoms with Gasteiger partial charge in [-0.2, -0.15) is 8.78 Å². The second-order valence-corrected chi connectivity index (χ2v) is 4.22. The fourth-order valence-electron chi connectivity index (χ4n) is 1.57. The normalized spacial score (nSPS) is 10.9. The standard InChI is InChI=1S/C14H15F2NO5/c1-8(17(18)19)5-10-6-11(20-3)13(12(7-10)21-4)22-9(2)14(15)16/h5-7H,1-4H3. The lowest BCUT2D eigenvalue weighted by molar-refractivity contribution is -0.422. The first-order valence-corrected chi connectivity index (χ1v) is 6.08. The maximum Gasteiger partial charge on any atom is 0.307 e. The molecule has 0 aliphatic rings. The Bertz CT molecular complexity index is 611. The molecule has 0 amide bonds. The van der Waals surface area contributed by atoms with Crippen molar-refractivity contribution in [3.63, 3.8) is 0 Å². The van der Waals surface area contributed by atoms with E-state index in [1.165, 1.54) is 39.4 Å². The summed E-state index contributed by atoms with van der Waals surface area (Å²) in [5, 5.41) is 10.7. The van der Waals surface area contributed by atoms with Gasteiger partial charge in [0.2, 0.25) is 11.4 Å². The summed E-state index contributed by atoms with van der Waals surface area (Å²) in [6, 6.07) is 2.85. The van der Waals surface area contributed by atoms with Crippen LogP contribution in [0, 0.1) is 10.1 Å². The number of halogens is 2. The van der Waals surface area contributed by atoms with Crippen LogP contribution < -0.4 is 14.2 Å². The van der Waals surface area contributed by atoms with E-state index in [-0.39, 0.29) is 22.9 Å². The molecule has 8 heteroatoms. The van der Waals surface area contributed by atoms with Crippen molar-refractivity contribution in [3.8, 4) is 17.2 Å². The second kappa shape index (κ2) is 7.39. The Morgan fingerprint density at radius 3 is 2.05 bits per heavy atom. The third-order valence-corrected chi connectivity index (χ3v) is 2.67. The highest BCUT2D eigenvalue weighted by Crippen LogP contribution is 2.40. The van der Waals surface area contributed by atoms with Gasteiger partial charge in [-0.3, -0.25) is 10.1 Å². The Morgan fingerprint density at radius 2 is 1.68 bits per heavy atom. The van der Waals surface area contributed by atoms with Gasteiger partial charge >= 0.3 is 6.08 Å². The smallest absolute Gasteiger partial charge is 0.307 e. The van der Waals surface area contributed by atoms with E-state index in [1.54, 1.807) is 0 Å². The molecule has 0 aromatic heterocycles. The van der Waals surface area contributed by atoms with E-state index in [0.717, 1.165) is 6.92 Å². The maximum absolute atomic E-state index is 12.5. The summed E-state index contributed by atoms with van der Waals surface area (Å²) in [7, 11) is 2.64. The molecule has 0 aliphatic heterocycles. The minimum atomic E-state index is -1.97. The molecule has 0 aliphatic carbocycles. The molecule has 0 saturated heterocycles. The van der Waals surface area contributed by atoms with Gasteiger partial charge in [-0.25, -0.2) is 0 Å². The summed E-state index contributed by atoms with van der Waals surface area (Å²) >= 11 is 0. The lowest BCUT2D eigenvalue weighted by atomic mass is 10.1. The minimum absolute atomic E-state index is 0.0359. The summed E-state index contributed by atoms with van der Waals surface area (Å²) in [4.78, 5) is 10.1. The fourth-order valence-corrected chi connectivity index (χ4v) is 1.57. The van der Waals surface area contributed by atoms with Crippen molar-refractivity contribution in [1.29, 1.82) is 0 Å². The number of nitrogens with zero attached hydrogens (tertiary/aromatic N) is 1. The molecule has 0 heterocycles. The molecule has 0 N–H and O–H groups in total. The van der Waals surface area contributed by atoms with Gasteiger partial charge < -0.3 is 14.2 Å². The molecule has 0 unspecified atom stereocenters. The summed E-state index contributed by atoms with van der Waals surface area (Å²) in [6.45, 7) is 2.42. The molecule has 1 aromatic carbocycles. The van der Waals surface area contributed by atoms with Crippen molar-refractivity contribution >= 4 is 6.08 Å². The van der Waals surface area contributed by atoms with E-state index in [4.69, 9.17) is 14.2 Å². The average Bonchev–Trinajstić information content (AvgIpc) is 2.47. The number of nitro groups is 1. The highest BCUT2D eigenvalue weighted by molar-refractivity contribution is 5.63. The van der Waals surface area contributed by atoms with Crippen LogP contribution in [0.3, 0.4) is 0 Å². The number of hydrogen-bond donors (Lipinski definition) is 0. The Hall–Kier alpha value is -2.64. The molecule has 0 saturated carbocycles. The molecular formula is C14H15F2NO5. The quantitative estimate of drug-likeness (QED) is 0.453. The van der Waals surface area contributed by atoms with Crippen LogP contribution in [0.25, 0.3) is 6.08 Å². The Labute approximate surface area is 125 Å². The number of benzene rings is 1. The van der Waals surface area contributed by atoms with Crippen LogP contribution >= 0.6 is 0 Å². The zero-order valence-electron chi connectivity index (χ0n) is 12.5. The highest BCUT2D eigenvalue weighted by atomic mass is 19.3. The molecule has 0 atom stereocenters. The van der Waals surface area contributed by atoms with Crippen molar-refractivity contribution in [1.82, 2.24) is 0 Å². The number of allylic oxidation sites excluding steroid dienone is 2. The third-order valence-electron chi connectivity index (χ3n) is 2.67. The second-order valence-electron chi connectivity index (χ2n) is 4.22. The summed E-state index contributed by atoms with van der Waals surface area (Å²) in [6.07, 6.45) is -0.676. The van der Waals surface area contributed by atoms with E-state index in [2.05, 4.69) is 0 Å². The zero-order valence-corrected chi connectivity index (χ0v) is 12.5. The van der Waals surface area contributed by atoms with Crippen LogP contribution in [0.1, 0.15) is 19.4 Å². The number of ether oxygens (including phenoxy) is 3. The van der Waals surface area contributed by atoms with Gasteiger partial charge in [-0.15, -0.1) is 0 Å². The van der Waals surface area contributed by atoms with Gasteiger partial charge in [0.25, 0.3) is 0 Å². The van der Waals surface area contributed by atoms with E-state index in [1.807, 2.05) is 0 Å². The molecule has 0 bridgehead atoms. The van der Waals surface area contributed by atoms with Crippen molar-refractivity contribution in [3.05, 3.63) is 45.3 Å². The van der Waals surface area contributed by atoms with Crippen LogP contribution in [-0.4, -0.2) is 19.1 Å². The summed E-state index contributed by atoms with van der Waals surface area (Å²) in [5.41, 5.74) is 0.321. The average molecular weight is 315 g/mol. The van der Waals surface area contributed by atoms with Gasteiger partial charge in [0, 0.05) is 13.0 Å². The van der Waals surface area contributed by atoms with Gasteiger partial charge in [0.05, 0.1) is 19.1 Å². The van der Waals surface area contributed by atoms with Crippen LogP contribution in [-0.2, 0) is 0 Å². The summed E-state index contributed by atoms with van der Waals surface area (Å²) < 4.78 is 40.2. The van der Waals surface area contributed by atoms with Gasteiger partial charge in [0.1, 0.15) is 0 Å². The fraction of sp³-hybridized carbons (Fsp3) is 0.286. The summed E-state index contributed by atoms with van der Waals surface area (Å²) in [5.74, 6) is -0.405. The third kappa shape index (κ3) is 4.18. The Morgan fingerprint density at radius 1 is 1.18 bits per heavy atom. The van der Waals surface area contributed by atoms with Crippen molar-refractivity contribution < 1.29 is 27.9 Å². The Balaban J connectivity index is 3.39. The predicted molar refractivity (Wildman–Crippen MR) is 75.7 cm³/mol. The molecule has 1 rings (SSSR count). The van der Waals surface area contributed by atoms with Crippen molar-refractivity contribution in [2.24, 2.45) is 0 Å². The SMILES string of the molecule is COc1cc(C=C(C)[N+](=O)[O-])cc(OC)c1OC(C)=C(F)F. The number of rotatable bonds is 6. The molecule has 22 heavy (non-hydrogen) atoms. The van der Waals surface area contributed by atoms with Gasteiger partial charge in [0.15, 0.2) is 17.3 Å². The molecular weight excluding hydrogens is 300 g/mol. The Kier molecular flexibility index (Phi) is 5.85. The minimum Gasteiger partial charge on any atom is -0.493 e. The first kappa shape index (κ1) is 17.4. The molecule has 1 aromatic rings. The van der Waals surface area contributed by atoms with Gasteiger partial charge in [-0.1, -0.05) is 0 Å². The first-order chi connectivity index (χ1) is 10.3. The first-order valence-electron chi connectivity index (χ1n) is 6.08. The van der Waals surface area contributed by atoms with Crippen LogP contribution in [0.4, 0.5) is 8.78 Å². The zero-order chi connectivity index (χ0) is 16.9. The molecule has 0 radical (unpaired) electrons. The molecule has 120 valence electrons. The highest BCUT2D eigenvalue weighted by Gasteiger charge is 2.17. The van der Waals surface area contributed by atoms with Crippen molar-refractivity contribution in [2.75, 3.05) is 14.2 Å². The molecule has 0 spiro atoms. The monoisotopic (exact) mass is 315 g/mol. The number of hydrogen-bond acceptors (Lipinski definition) is 5. The van der Waals surface area contributed by atoms with Crippen LogP contribution in [0.2, 0.25) is 0 Å². The molecule has 6 nitrogen and oxygen atoms in total. The largest absolute Gasteiger partial charge is 0.493 e. The maximum atomic E-state index is 12.5. The van der Waals surface area contributed by atoms with Crippen LogP contribution in [0.15, 0.2) is 29.7 Å². The lowest BCUT2D eigenvalue weighted by Gasteiger charge is -2.14. The lowest BCUT2D eigenvalue weighted by Crippen LogP contribution is -2.00. The van der Waals surface area contributed by atoms with E-state index in [9.17, 15) is 18.9 Å². The predicted octanol–water partition coefficient (Wildman–Crippen LogP) is 3.85. The molecule has 0 fully saturated rings. The van der Waals surface area contributed by atoms with Crippen molar-refractivity contribution in [2.45, 2.75) is 13.8 Å². The van der Waals surface area contributed by atoms with Crippen LogP contribution in [0.5, 0.6) is 17.2 Å². The topological polar surface area (TPSA) is 70.8 Å². The van der Waals surface area contributed by atoms with E-state index in [0.29, 0.717) is 5.56 Å². The number of methoxy groups -OCH3 is 2.